The Bertz CT molecular complexity index is 643. The van der Waals surface area contributed by atoms with Crippen molar-refractivity contribution in [2.24, 2.45) is 10.7 Å². The number of nitrogens with one attached hydrogen (secondary N) is 2. The molecular weight excluding hydrogens is 375 g/mol. The Morgan fingerprint density at radius 2 is 2.10 bits per heavy atom. The fourth-order valence-electron chi connectivity index (χ4n) is 2.25. The molecule has 2 aromatic rings. The number of aryl methyl sites for hydroxylation is 1. The molecule has 1 aromatic carbocycles. The number of H-pyrrole nitrogens is 1. The summed E-state index contributed by atoms with van der Waals surface area (Å²) in [5.41, 5.74) is 10.5. The fraction of sp³-hybridized carbons (Fsp3) is 0.312. The molecule has 0 saturated heterocycles. The normalized spacial score (nSPS) is 11.2. The molecule has 0 aliphatic heterocycles. The van der Waals surface area contributed by atoms with Crippen LogP contribution in [-0.2, 0) is 6.42 Å². The molecule has 0 aliphatic rings. The Morgan fingerprint density at radius 3 is 2.81 bits per heavy atom. The highest BCUT2D eigenvalue weighted by atomic mass is 127. The van der Waals surface area contributed by atoms with Crippen LogP contribution in [0.2, 0.25) is 0 Å². The molecule has 4 N–H and O–H groups in total. The Labute approximate surface area is 142 Å². The number of para-hydroxylation sites is 1. The zero-order valence-electron chi connectivity index (χ0n) is 12.6. The highest BCUT2D eigenvalue weighted by Crippen LogP contribution is 2.21. The Balaban J connectivity index is 0.00000220. The van der Waals surface area contributed by atoms with Crippen LogP contribution < -0.4 is 11.1 Å². The molecule has 0 aliphatic carbocycles. The number of nitrogens with zero attached hydrogens (tertiary/aromatic N) is 1. The van der Waals surface area contributed by atoms with E-state index in [2.05, 4.69) is 47.0 Å². The van der Waals surface area contributed by atoms with Gasteiger partial charge in [0, 0.05) is 23.1 Å². The van der Waals surface area contributed by atoms with Crippen molar-refractivity contribution in [2.75, 3.05) is 13.1 Å². The van der Waals surface area contributed by atoms with Crippen molar-refractivity contribution >= 4 is 40.8 Å². The molecule has 0 saturated carbocycles. The average molecular weight is 398 g/mol. The number of halogens is 1. The molecule has 5 heteroatoms. The fourth-order valence-corrected chi connectivity index (χ4v) is 2.25. The van der Waals surface area contributed by atoms with E-state index in [1.54, 1.807) is 0 Å². The average Bonchev–Trinajstić information content (AvgIpc) is 2.73. The summed E-state index contributed by atoms with van der Waals surface area (Å²) < 4.78 is 0. The van der Waals surface area contributed by atoms with Crippen LogP contribution in [0.4, 0.5) is 0 Å². The zero-order valence-corrected chi connectivity index (χ0v) is 14.9. The monoisotopic (exact) mass is 398 g/mol. The maximum absolute atomic E-state index is 5.80. The molecule has 1 heterocycles. The van der Waals surface area contributed by atoms with E-state index in [4.69, 9.17) is 5.73 Å². The molecule has 114 valence electrons. The van der Waals surface area contributed by atoms with Crippen molar-refractivity contribution < 1.29 is 0 Å². The number of nitrogens with two attached hydrogens (primary N) is 1. The third kappa shape index (κ3) is 4.77. The molecule has 0 spiro atoms. The van der Waals surface area contributed by atoms with Crippen LogP contribution in [-0.4, -0.2) is 24.0 Å². The lowest BCUT2D eigenvalue weighted by atomic mass is 10.1. The smallest absolute Gasteiger partial charge is 0.188 e. The van der Waals surface area contributed by atoms with Gasteiger partial charge in [0.15, 0.2) is 5.96 Å². The summed E-state index contributed by atoms with van der Waals surface area (Å²) in [5.74, 6) is 0.477. The number of aromatic nitrogens is 1. The van der Waals surface area contributed by atoms with Gasteiger partial charge in [0.05, 0.1) is 6.54 Å². The van der Waals surface area contributed by atoms with Crippen LogP contribution in [0.15, 0.2) is 41.4 Å². The van der Waals surface area contributed by atoms with Gasteiger partial charge in [-0.1, -0.05) is 30.4 Å². The van der Waals surface area contributed by atoms with Gasteiger partial charge < -0.3 is 16.0 Å². The predicted molar refractivity (Wildman–Crippen MR) is 101 cm³/mol. The summed E-state index contributed by atoms with van der Waals surface area (Å²) in [5, 5.41) is 4.42. The van der Waals surface area contributed by atoms with Crippen LogP contribution in [0.5, 0.6) is 0 Å². The van der Waals surface area contributed by atoms with Gasteiger partial charge in [-0.05, 0) is 31.9 Å². The highest BCUT2D eigenvalue weighted by Gasteiger charge is 2.07. The molecule has 0 unspecified atom stereocenters. The molecule has 21 heavy (non-hydrogen) atoms. The van der Waals surface area contributed by atoms with Crippen molar-refractivity contribution in [1.29, 1.82) is 0 Å². The van der Waals surface area contributed by atoms with Crippen molar-refractivity contribution in [2.45, 2.75) is 20.3 Å². The van der Waals surface area contributed by atoms with Crippen LogP contribution in [0, 0.1) is 6.92 Å². The van der Waals surface area contributed by atoms with E-state index >= 15 is 0 Å². The first-order chi connectivity index (χ1) is 9.58. The third-order valence-corrected chi connectivity index (χ3v) is 3.23. The lowest BCUT2D eigenvalue weighted by molar-refractivity contribution is 0.851. The number of hydrogen-bond donors (Lipinski definition) is 3. The summed E-state index contributed by atoms with van der Waals surface area (Å²) in [7, 11) is 0. The maximum atomic E-state index is 5.80. The summed E-state index contributed by atoms with van der Waals surface area (Å²) in [6.45, 7) is 9.19. The quantitative estimate of drug-likeness (QED) is 0.314. The number of hydrogen-bond acceptors (Lipinski definition) is 1. The molecule has 0 bridgehead atoms. The maximum Gasteiger partial charge on any atom is 0.188 e. The minimum absolute atomic E-state index is 0. The number of aliphatic imine (C=N–C) groups is 1. The van der Waals surface area contributed by atoms with Crippen molar-refractivity contribution in [1.82, 2.24) is 10.3 Å². The molecular formula is C16H23IN4. The molecule has 0 amide bonds. The van der Waals surface area contributed by atoms with Crippen molar-refractivity contribution in [3.63, 3.8) is 0 Å². The lowest BCUT2D eigenvalue weighted by Gasteiger charge is -2.06. The summed E-state index contributed by atoms with van der Waals surface area (Å²) in [6, 6.07) is 8.35. The van der Waals surface area contributed by atoms with E-state index in [1.165, 1.54) is 22.2 Å². The largest absolute Gasteiger partial charge is 0.370 e. The topological polar surface area (TPSA) is 66.2 Å². The molecule has 1 aromatic heterocycles. The number of benzene rings is 1. The van der Waals surface area contributed by atoms with Crippen molar-refractivity contribution in [3.05, 3.63) is 47.7 Å². The second-order valence-electron chi connectivity index (χ2n) is 5.11. The van der Waals surface area contributed by atoms with Gasteiger partial charge in [0.2, 0.25) is 0 Å². The van der Waals surface area contributed by atoms with Gasteiger partial charge in [0.25, 0.3) is 0 Å². The Kier molecular flexibility index (Phi) is 6.74. The van der Waals surface area contributed by atoms with Gasteiger partial charge in [-0.3, -0.25) is 0 Å². The van der Waals surface area contributed by atoms with Gasteiger partial charge in [0.1, 0.15) is 0 Å². The standard InChI is InChI=1S/C16H22N4.HI/c1-11(2)10-19-16(17)18-9-8-13-12(3)20-15-7-5-4-6-14(13)15;/h4-7,20H,1,8-10H2,2-3H3,(H3,17,18,19);1H. The zero-order chi connectivity index (χ0) is 14.5. The van der Waals surface area contributed by atoms with Gasteiger partial charge in [-0.15, -0.1) is 24.0 Å². The van der Waals surface area contributed by atoms with Gasteiger partial charge in [-0.25, -0.2) is 4.99 Å². The highest BCUT2D eigenvalue weighted by molar-refractivity contribution is 14.0. The lowest BCUT2D eigenvalue weighted by Crippen LogP contribution is -2.33. The molecule has 0 atom stereocenters. The van der Waals surface area contributed by atoms with E-state index in [9.17, 15) is 0 Å². The van der Waals surface area contributed by atoms with Gasteiger partial charge >= 0.3 is 0 Å². The summed E-state index contributed by atoms with van der Waals surface area (Å²) >= 11 is 0. The molecule has 4 nitrogen and oxygen atoms in total. The first-order valence-corrected chi connectivity index (χ1v) is 6.82. The number of rotatable bonds is 5. The summed E-state index contributed by atoms with van der Waals surface area (Å²) in [4.78, 5) is 7.61. The first-order valence-electron chi connectivity index (χ1n) is 6.82. The van der Waals surface area contributed by atoms with E-state index in [-0.39, 0.29) is 24.0 Å². The van der Waals surface area contributed by atoms with Gasteiger partial charge in [-0.2, -0.15) is 0 Å². The van der Waals surface area contributed by atoms with Crippen LogP contribution >= 0.6 is 24.0 Å². The Morgan fingerprint density at radius 1 is 1.38 bits per heavy atom. The third-order valence-electron chi connectivity index (χ3n) is 3.23. The van der Waals surface area contributed by atoms with Crippen LogP contribution in [0.25, 0.3) is 10.9 Å². The molecule has 0 radical (unpaired) electrons. The van der Waals surface area contributed by atoms with E-state index < -0.39 is 0 Å². The number of aromatic amines is 1. The second-order valence-corrected chi connectivity index (χ2v) is 5.11. The minimum Gasteiger partial charge on any atom is -0.370 e. The second kappa shape index (κ2) is 8.07. The predicted octanol–water partition coefficient (Wildman–Crippen LogP) is 3.12. The molecule has 2 rings (SSSR count). The SMILES string of the molecule is C=C(C)CN=C(N)NCCc1c(C)[nH]c2ccccc12.I. The van der Waals surface area contributed by atoms with Crippen LogP contribution in [0.1, 0.15) is 18.2 Å². The summed E-state index contributed by atoms with van der Waals surface area (Å²) in [6.07, 6.45) is 0.916. The number of fused-ring (bicyclic) bond motifs is 1. The van der Waals surface area contributed by atoms with Crippen LogP contribution in [0.3, 0.4) is 0 Å². The van der Waals surface area contributed by atoms with E-state index in [1.807, 2.05) is 13.0 Å². The van der Waals surface area contributed by atoms with E-state index in [0.29, 0.717) is 12.5 Å². The Hall–Kier alpha value is -1.50. The number of guanidine groups is 1. The molecule has 0 fully saturated rings. The van der Waals surface area contributed by atoms with Crippen molar-refractivity contribution in [3.8, 4) is 0 Å². The van der Waals surface area contributed by atoms with E-state index in [0.717, 1.165) is 18.5 Å². The minimum atomic E-state index is 0. The first kappa shape index (κ1) is 17.6.